The van der Waals surface area contributed by atoms with Gasteiger partial charge in [-0.15, -0.1) is 0 Å². The van der Waals surface area contributed by atoms with E-state index in [0.29, 0.717) is 16.5 Å². The van der Waals surface area contributed by atoms with Gasteiger partial charge in [0, 0.05) is 11.8 Å². The van der Waals surface area contributed by atoms with Crippen LogP contribution in [0.1, 0.15) is 29.4 Å². The number of aryl methyl sites for hydroxylation is 1. The third-order valence-corrected chi connectivity index (χ3v) is 3.90. The van der Waals surface area contributed by atoms with Gasteiger partial charge in [0.2, 0.25) is 0 Å². The normalized spacial score (nSPS) is 10.5. The minimum atomic E-state index is -0.189. The summed E-state index contributed by atoms with van der Waals surface area (Å²) in [5.74, 6) is 0.680. The zero-order valence-corrected chi connectivity index (χ0v) is 13.4. The third kappa shape index (κ3) is 4.21. The van der Waals surface area contributed by atoms with Crippen molar-refractivity contribution < 1.29 is 9.53 Å². The molecule has 1 N–H and O–H groups in total. The number of Topliss-reactive ketones (excluding diaryl/α,β-unsaturated/α-hetero) is 1. The zero-order chi connectivity index (χ0) is 15.9. The highest BCUT2D eigenvalue weighted by atomic mass is 32.2. The number of thioether (sulfide) groups is 1. The summed E-state index contributed by atoms with van der Waals surface area (Å²) < 4.78 is 5.19. The Balaban J connectivity index is 2.09. The summed E-state index contributed by atoms with van der Waals surface area (Å²) in [6, 6.07) is 8.58. The van der Waals surface area contributed by atoms with E-state index >= 15 is 0 Å². The van der Waals surface area contributed by atoms with Crippen LogP contribution in [-0.2, 0) is 6.42 Å². The van der Waals surface area contributed by atoms with Gasteiger partial charge in [-0.1, -0.05) is 37.2 Å². The van der Waals surface area contributed by atoms with Gasteiger partial charge in [0.1, 0.15) is 5.75 Å². The number of aromatic nitrogens is 2. The highest BCUT2D eigenvalue weighted by molar-refractivity contribution is 7.99. The van der Waals surface area contributed by atoms with Crippen molar-refractivity contribution in [3.8, 4) is 5.75 Å². The lowest BCUT2D eigenvalue weighted by atomic mass is 10.1. The summed E-state index contributed by atoms with van der Waals surface area (Å²) in [5, 5.41) is 0.471. The molecule has 1 aromatic carbocycles. The van der Waals surface area contributed by atoms with Crippen LogP contribution in [-0.4, -0.2) is 28.6 Å². The lowest BCUT2D eigenvalue weighted by Gasteiger charge is -2.07. The zero-order valence-electron chi connectivity index (χ0n) is 12.6. The number of carbonyl (C=O) groups is 1. The maximum absolute atomic E-state index is 12.3. The number of nitrogens with zero attached hydrogens (tertiary/aromatic N) is 1. The lowest BCUT2D eigenvalue weighted by Crippen LogP contribution is -2.11. The van der Waals surface area contributed by atoms with E-state index < -0.39 is 0 Å². The molecular formula is C16H18N2O3S. The number of methoxy groups -OCH3 is 1. The molecule has 0 saturated heterocycles. The standard InChI is InChI=1S/C16H18N2O3S/c1-3-6-11-9-15(20)18-16(17-11)22-10-13(19)12-7-4-5-8-14(12)21-2/h4-5,7-9H,3,6,10H2,1-2H3,(H,17,18,20). The number of ether oxygens (including phenoxy) is 1. The quantitative estimate of drug-likeness (QED) is 0.483. The first-order chi connectivity index (χ1) is 10.6. The minimum absolute atomic E-state index is 0.0639. The second-order valence-corrected chi connectivity index (χ2v) is 5.67. The average Bonchev–Trinajstić information content (AvgIpc) is 2.52. The Morgan fingerprint density at radius 3 is 2.86 bits per heavy atom. The van der Waals surface area contributed by atoms with Crippen molar-refractivity contribution in [2.24, 2.45) is 0 Å². The van der Waals surface area contributed by atoms with Gasteiger partial charge in [-0.2, -0.15) is 0 Å². The molecule has 2 rings (SSSR count). The molecule has 116 valence electrons. The monoisotopic (exact) mass is 318 g/mol. The molecule has 0 amide bonds. The van der Waals surface area contributed by atoms with Gasteiger partial charge in [0.05, 0.1) is 18.4 Å². The Morgan fingerprint density at radius 1 is 1.36 bits per heavy atom. The second-order valence-electron chi connectivity index (χ2n) is 4.70. The predicted molar refractivity (Wildman–Crippen MR) is 86.9 cm³/mol. The van der Waals surface area contributed by atoms with E-state index in [1.165, 1.54) is 24.9 Å². The topological polar surface area (TPSA) is 72.0 Å². The van der Waals surface area contributed by atoms with Gasteiger partial charge in [-0.3, -0.25) is 9.59 Å². The van der Waals surface area contributed by atoms with Crippen molar-refractivity contribution in [1.29, 1.82) is 0 Å². The number of hydrogen-bond donors (Lipinski definition) is 1. The van der Waals surface area contributed by atoms with Gasteiger partial charge < -0.3 is 9.72 Å². The molecule has 2 aromatic rings. The van der Waals surface area contributed by atoms with Crippen molar-refractivity contribution in [3.05, 3.63) is 51.9 Å². The van der Waals surface area contributed by atoms with Crippen LogP contribution in [0.15, 0.2) is 40.3 Å². The largest absolute Gasteiger partial charge is 0.496 e. The van der Waals surface area contributed by atoms with Crippen LogP contribution in [0.4, 0.5) is 0 Å². The molecule has 0 radical (unpaired) electrons. The average molecular weight is 318 g/mol. The first-order valence-electron chi connectivity index (χ1n) is 7.03. The maximum Gasteiger partial charge on any atom is 0.251 e. The molecule has 0 bridgehead atoms. The number of H-pyrrole nitrogens is 1. The number of hydrogen-bond acceptors (Lipinski definition) is 5. The molecule has 0 spiro atoms. The van der Waals surface area contributed by atoms with Gasteiger partial charge in [-0.25, -0.2) is 4.98 Å². The maximum atomic E-state index is 12.3. The molecular weight excluding hydrogens is 300 g/mol. The molecule has 0 saturated carbocycles. The van der Waals surface area contributed by atoms with E-state index in [9.17, 15) is 9.59 Å². The fourth-order valence-corrected chi connectivity index (χ4v) is 2.80. The minimum Gasteiger partial charge on any atom is -0.496 e. The first-order valence-corrected chi connectivity index (χ1v) is 8.02. The van der Waals surface area contributed by atoms with E-state index in [0.717, 1.165) is 18.5 Å². The molecule has 0 atom stereocenters. The van der Waals surface area contributed by atoms with Crippen LogP contribution in [0.3, 0.4) is 0 Å². The van der Waals surface area contributed by atoms with E-state index in [2.05, 4.69) is 9.97 Å². The Morgan fingerprint density at radius 2 is 2.14 bits per heavy atom. The van der Waals surface area contributed by atoms with Crippen LogP contribution >= 0.6 is 11.8 Å². The third-order valence-electron chi connectivity index (χ3n) is 3.03. The van der Waals surface area contributed by atoms with Crippen molar-refractivity contribution in [3.63, 3.8) is 0 Å². The van der Waals surface area contributed by atoms with E-state index in [4.69, 9.17) is 4.74 Å². The molecule has 0 aliphatic rings. The number of para-hydroxylation sites is 1. The molecule has 0 fully saturated rings. The van der Waals surface area contributed by atoms with Gasteiger partial charge in [-0.05, 0) is 18.6 Å². The number of ketones is 1. The van der Waals surface area contributed by atoms with E-state index in [1.807, 2.05) is 13.0 Å². The van der Waals surface area contributed by atoms with Gasteiger partial charge in [0.15, 0.2) is 10.9 Å². The molecule has 0 aliphatic heterocycles. The summed E-state index contributed by atoms with van der Waals surface area (Å²) in [6.07, 6.45) is 1.67. The summed E-state index contributed by atoms with van der Waals surface area (Å²) in [5.41, 5.74) is 1.09. The number of rotatable bonds is 7. The lowest BCUT2D eigenvalue weighted by molar-refractivity contribution is 0.101. The van der Waals surface area contributed by atoms with Gasteiger partial charge in [0.25, 0.3) is 5.56 Å². The molecule has 5 nitrogen and oxygen atoms in total. The van der Waals surface area contributed by atoms with Crippen LogP contribution < -0.4 is 10.3 Å². The summed E-state index contributed by atoms with van der Waals surface area (Å²) in [7, 11) is 1.53. The predicted octanol–water partition coefficient (Wildman–Crippen LogP) is 2.71. The SMILES string of the molecule is CCCc1cc(=O)[nH]c(SCC(=O)c2ccccc2OC)n1. The molecule has 1 heterocycles. The molecule has 6 heteroatoms. The summed E-state index contributed by atoms with van der Waals surface area (Å²) in [4.78, 5) is 30.9. The number of nitrogens with one attached hydrogen (secondary N) is 1. The fraction of sp³-hybridized carbons (Fsp3) is 0.312. The second kappa shape index (κ2) is 7.79. The van der Waals surface area contributed by atoms with E-state index in [1.54, 1.807) is 18.2 Å². The van der Waals surface area contributed by atoms with Crippen LogP contribution in [0.5, 0.6) is 5.75 Å². The van der Waals surface area contributed by atoms with Crippen LogP contribution in [0.25, 0.3) is 0 Å². The number of aromatic amines is 1. The molecule has 1 aromatic heterocycles. The Labute approximate surface area is 133 Å². The highest BCUT2D eigenvalue weighted by Crippen LogP contribution is 2.21. The van der Waals surface area contributed by atoms with Crippen molar-refractivity contribution in [1.82, 2.24) is 9.97 Å². The van der Waals surface area contributed by atoms with Crippen molar-refractivity contribution in [2.45, 2.75) is 24.9 Å². The smallest absolute Gasteiger partial charge is 0.251 e. The number of benzene rings is 1. The Bertz CT molecular complexity index is 713. The fourth-order valence-electron chi connectivity index (χ4n) is 2.02. The van der Waals surface area contributed by atoms with Crippen LogP contribution in [0.2, 0.25) is 0 Å². The molecule has 22 heavy (non-hydrogen) atoms. The Kier molecular flexibility index (Phi) is 5.77. The van der Waals surface area contributed by atoms with Gasteiger partial charge >= 0.3 is 0 Å². The van der Waals surface area contributed by atoms with Crippen molar-refractivity contribution >= 4 is 17.5 Å². The first kappa shape index (κ1) is 16.3. The highest BCUT2D eigenvalue weighted by Gasteiger charge is 2.13. The Hall–Kier alpha value is -2.08. The molecule has 0 aliphatic carbocycles. The van der Waals surface area contributed by atoms with E-state index in [-0.39, 0.29) is 17.1 Å². The summed E-state index contributed by atoms with van der Waals surface area (Å²) in [6.45, 7) is 2.03. The summed E-state index contributed by atoms with van der Waals surface area (Å²) >= 11 is 1.22. The molecule has 0 unspecified atom stereocenters. The van der Waals surface area contributed by atoms with Crippen LogP contribution in [0, 0.1) is 0 Å². The number of carbonyl (C=O) groups excluding carboxylic acids is 1. The van der Waals surface area contributed by atoms with Crippen molar-refractivity contribution in [2.75, 3.05) is 12.9 Å².